The van der Waals surface area contributed by atoms with E-state index in [9.17, 15) is 24.3 Å². The molecule has 0 heterocycles. The van der Waals surface area contributed by atoms with Crippen molar-refractivity contribution >= 4 is 52.9 Å². The molecule has 4 N–H and O–H groups in total. The Hall–Kier alpha value is -6.13. The van der Waals surface area contributed by atoms with Crippen molar-refractivity contribution in [2.45, 2.75) is 10.1 Å². The fourth-order valence-corrected chi connectivity index (χ4v) is 5.68. The highest BCUT2D eigenvalue weighted by atomic mass is 32.2. The Kier molecular flexibility index (Phi) is 11.0. The fraction of sp³-hybridized carbons (Fsp3) is 0.0526. The van der Waals surface area contributed by atoms with Crippen LogP contribution in [0.2, 0.25) is 0 Å². The molecule has 3 amide bonds. The fourth-order valence-electron chi connectivity index (χ4n) is 4.60. The van der Waals surface area contributed by atoms with Gasteiger partial charge in [-0.15, -0.1) is 11.8 Å². The molecule has 5 rings (SSSR count). The number of hydrogen-bond acceptors (Lipinski definition) is 6. The quantitative estimate of drug-likeness (QED) is 0.0819. The van der Waals surface area contributed by atoms with Crippen LogP contribution in [0.5, 0.6) is 5.75 Å². The summed E-state index contributed by atoms with van der Waals surface area (Å²) >= 11 is 1.29. The molecule has 10 heteroatoms. The Morgan fingerprint density at radius 3 is 2.02 bits per heavy atom. The molecule has 240 valence electrons. The standard InChI is InChI=1S/C38H31N3O6S/c1-47-31-21-15-25(16-22-31)23-33(41-35(42)27-11-6-3-7-12-27)36(43)40-30-13-8-14-32(24-30)48-34(26-9-4-2-5-10-26)37(44)39-29-19-17-28(18-20-29)38(45)46/h2-24,34H,1H3,(H,39,44)(H,40,43)(H,41,42)(H,45,46)/b33-23+. The van der Waals surface area contributed by atoms with E-state index < -0.39 is 23.0 Å². The molecule has 48 heavy (non-hydrogen) atoms. The van der Waals surface area contributed by atoms with Gasteiger partial charge in [0.15, 0.2) is 0 Å². The maximum Gasteiger partial charge on any atom is 0.335 e. The van der Waals surface area contributed by atoms with E-state index in [1.165, 1.54) is 36.0 Å². The van der Waals surface area contributed by atoms with Crippen LogP contribution in [-0.2, 0) is 9.59 Å². The topological polar surface area (TPSA) is 134 Å². The Morgan fingerprint density at radius 2 is 1.38 bits per heavy atom. The van der Waals surface area contributed by atoms with Crippen molar-refractivity contribution in [3.8, 4) is 5.75 Å². The van der Waals surface area contributed by atoms with E-state index in [1.807, 2.05) is 36.4 Å². The van der Waals surface area contributed by atoms with E-state index in [0.29, 0.717) is 33.1 Å². The van der Waals surface area contributed by atoms with Crippen molar-refractivity contribution in [3.05, 3.63) is 161 Å². The number of benzene rings is 5. The van der Waals surface area contributed by atoms with Gasteiger partial charge in [0, 0.05) is 21.8 Å². The number of anilines is 2. The van der Waals surface area contributed by atoms with Crippen molar-refractivity contribution in [1.82, 2.24) is 5.32 Å². The normalized spacial score (nSPS) is 11.6. The lowest BCUT2D eigenvalue weighted by molar-refractivity contribution is -0.116. The molecule has 9 nitrogen and oxygen atoms in total. The van der Waals surface area contributed by atoms with E-state index in [1.54, 1.807) is 86.0 Å². The average Bonchev–Trinajstić information content (AvgIpc) is 3.11. The molecule has 0 saturated heterocycles. The smallest absolute Gasteiger partial charge is 0.335 e. The molecule has 5 aromatic rings. The van der Waals surface area contributed by atoms with E-state index >= 15 is 0 Å². The molecule has 0 aliphatic carbocycles. The maximum atomic E-state index is 13.6. The summed E-state index contributed by atoms with van der Waals surface area (Å²) < 4.78 is 5.23. The Labute approximate surface area is 281 Å². The van der Waals surface area contributed by atoms with Crippen LogP contribution in [0.25, 0.3) is 6.08 Å². The van der Waals surface area contributed by atoms with Crippen LogP contribution < -0.4 is 20.7 Å². The number of aromatic carboxylic acids is 1. The number of thioether (sulfide) groups is 1. The Bertz CT molecular complexity index is 1930. The molecular formula is C38H31N3O6S. The summed E-state index contributed by atoms with van der Waals surface area (Å²) in [6.07, 6.45) is 1.58. The molecule has 5 aromatic carbocycles. The average molecular weight is 658 g/mol. The minimum atomic E-state index is -1.06. The van der Waals surface area contributed by atoms with E-state index in [-0.39, 0.29) is 17.2 Å². The monoisotopic (exact) mass is 657 g/mol. The van der Waals surface area contributed by atoms with Gasteiger partial charge in [0.05, 0.1) is 12.7 Å². The molecule has 1 unspecified atom stereocenters. The third-order valence-electron chi connectivity index (χ3n) is 7.04. The number of carboxylic acid groups (broad SMARTS) is 1. The lowest BCUT2D eigenvalue weighted by Gasteiger charge is -2.18. The largest absolute Gasteiger partial charge is 0.497 e. The SMILES string of the molecule is COc1ccc(/C=C(/NC(=O)c2ccccc2)C(=O)Nc2cccc(SC(C(=O)Nc3ccc(C(=O)O)cc3)c3ccccc3)c2)cc1. The second-order valence-electron chi connectivity index (χ2n) is 10.4. The number of hydrogen-bond donors (Lipinski definition) is 4. The number of carbonyl (C=O) groups excluding carboxylic acids is 3. The minimum Gasteiger partial charge on any atom is -0.497 e. The lowest BCUT2D eigenvalue weighted by Crippen LogP contribution is -2.30. The first-order valence-corrected chi connectivity index (χ1v) is 15.7. The first-order chi connectivity index (χ1) is 23.3. The summed E-state index contributed by atoms with van der Waals surface area (Å²) in [5.41, 5.74) is 2.88. The van der Waals surface area contributed by atoms with Crippen molar-refractivity contribution in [2.24, 2.45) is 0 Å². The molecule has 0 aromatic heterocycles. The van der Waals surface area contributed by atoms with Crippen molar-refractivity contribution < 1.29 is 29.0 Å². The highest BCUT2D eigenvalue weighted by molar-refractivity contribution is 8.00. The third kappa shape index (κ3) is 8.99. The van der Waals surface area contributed by atoms with Crippen LogP contribution in [0.3, 0.4) is 0 Å². The van der Waals surface area contributed by atoms with Gasteiger partial charge in [0.2, 0.25) is 5.91 Å². The number of carboxylic acids is 1. The maximum absolute atomic E-state index is 13.6. The number of methoxy groups -OCH3 is 1. The lowest BCUT2D eigenvalue weighted by atomic mass is 10.1. The third-order valence-corrected chi connectivity index (χ3v) is 8.29. The van der Waals surface area contributed by atoms with Crippen LogP contribution in [0.4, 0.5) is 11.4 Å². The Balaban J connectivity index is 1.36. The summed E-state index contributed by atoms with van der Waals surface area (Å²) in [4.78, 5) is 52.1. The number of amides is 3. The van der Waals surface area contributed by atoms with Crippen molar-refractivity contribution in [3.63, 3.8) is 0 Å². The molecule has 0 aliphatic heterocycles. The van der Waals surface area contributed by atoms with Crippen molar-refractivity contribution in [2.75, 3.05) is 17.7 Å². The summed E-state index contributed by atoms with van der Waals surface area (Å²) in [6.45, 7) is 0. The van der Waals surface area contributed by atoms with Crippen LogP contribution in [-0.4, -0.2) is 35.9 Å². The van der Waals surface area contributed by atoms with E-state index in [2.05, 4.69) is 16.0 Å². The molecule has 0 bridgehead atoms. The summed E-state index contributed by atoms with van der Waals surface area (Å²) in [7, 11) is 1.56. The van der Waals surface area contributed by atoms with Crippen LogP contribution in [0.1, 0.15) is 37.1 Å². The van der Waals surface area contributed by atoms with Gasteiger partial charge in [-0.25, -0.2) is 4.79 Å². The van der Waals surface area contributed by atoms with Gasteiger partial charge < -0.3 is 25.8 Å². The van der Waals surface area contributed by atoms with Gasteiger partial charge in [0.1, 0.15) is 16.7 Å². The molecule has 0 radical (unpaired) electrons. The number of nitrogens with one attached hydrogen (secondary N) is 3. The summed E-state index contributed by atoms with van der Waals surface area (Å²) in [6, 6.07) is 37.9. The zero-order valence-corrected chi connectivity index (χ0v) is 26.6. The minimum absolute atomic E-state index is 0.0301. The van der Waals surface area contributed by atoms with E-state index in [4.69, 9.17) is 4.74 Å². The number of carbonyl (C=O) groups is 4. The summed E-state index contributed by atoms with van der Waals surface area (Å²) in [5.74, 6) is -1.69. The van der Waals surface area contributed by atoms with Crippen LogP contribution in [0.15, 0.2) is 144 Å². The van der Waals surface area contributed by atoms with Gasteiger partial charge in [-0.05, 0) is 83.9 Å². The van der Waals surface area contributed by atoms with Gasteiger partial charge in [-0.3, -0.25) is 14.4 Å². The highest BCUT2D eigenvalue weighted by Crippen LogP contribution is 2.37. The first kappa shape index (κ1) is 33.2. The van der Waals surface area contributed by atoms with Gasteiger partial charge in [-0.1, -0.05) is 66.7 Å². The van der Waals surface area contributed by atoms with Gasteiger partial charge in [0.25, 0.3) is 11.8 Å². The predicted octanol–water partition coefficient (Wildman–Crippen LogP) is 7.28. The molecule has 1 atom stereocenters. The first-order valence-electron chi connectivity index (χ1n) is 14.8. The molecule has 0 spiro atoms. The highest BCUT2D eigenvalue weighted by Gasteiger charge is 2.23. The van der Waals surface area contributed by atoms with Crippen molar-refractivity contribution in [1.29, 1.82) is 0 Å². The number of ether oxygens (including phenoxy) is 1. The van der Waals surface area contributed by atoms with Gasteiger partial charge >= 0.3 is 5.97 Å². The predicted molar refractivity (Wildman–Crippen MR) is 187 cm³/mol. The molecular weight excluding hydrogens is 626 g/mol. The number of rotatable bonds is 12. The summed E-state index contributed by atoms with van der Waals surface area (Å²) in [5, 5.41) is 17.0. The second kappa shape index (κ2) is 15.9. The Morgan fingerprint density at radius 1 is 0.708 bits per heavy atom. The van der Waals surface area contributed by atoms with Crippen LogP contribution in [0, 0.1) is 0 Å². The van der Waals surface area contributed by atoms with Gasteiger partial charge in [-0.2, -0.15) is 0 Å². The second-order valence-corrected chi connectivity index (χ2v) is 11.6. The van der Waals surface area contributed by atoms with E-state index in [0.717, 1.165) is 5.56 Å². The zero-order valence-electron chi connectivity index (χ0n) is 25.8. The molecule has 0 saturated carbocycles. The zero-order chi connectivity index (χ0) is 33.9. The molecule has 0 fully saturated rings. The molecule has 0 aliphatic rings. The van der Waals surface area contributed by atoms with Crippen LogP contribution >= 0.6 is 11.8 Å².